The van der Waals surface area contributed by atoms with Gasteiger partial charge in [0.2, 0.25) is 5.91 Å². The Morgan fingerprint density at radius 1 is 1.65 bits per heavy atom. The summed E-state index contributed by atoms with van der Waals surface area (Å²) in [5, 5.41) is 9.17. The molecule has 0 aromatic carbocycles. The maximum atomic E-state index is 12.1. The van der Waals surface area contributed by atoms with Crippen LogP contribution in [0.1, 0.15) is 33.6 Å². The van der Waals surface area contributed by atoms with Crippen LogP contribution in [0.25, 0.3) is 0 Å². The minimum Gasteiger partial charge on any atom is -0.394 e. The lowest BCUT2D eigenvalue weighted by atomic mass is 10.0. The van der Waals surface area contributed by atoms with Crippen LogP contribution in [0.2, 0.25) is 0 Å². The van der Waals surface area contributed by atoms with Gasteiger partial charge >= 0.3 is 0 Å². The van der Waals surface area contributed by atoms with E-state index in [0.29, 0.717) is 19.5 Å². The summed E-state index contributed by atoms with van der Waals surface area (Å²) in [6, 6.07) is -0.437. The maximum absolute atomic E-state index is 12.1. The molecule has 1 fully saturated rings. The van der Waals surface area contributed by atoms with E-state index in [1.54, 1.807) is 4.90 Å². The summed E-state index contributed by atoms with van der Waals surface area (Å²) >= 11 is 0. The van der Waals surface area contributed by atoms with Crippen LogP contribution < -0.4 is 5.73 Å². The molecule has 5 heteroatoms. The van der Waals surface area contributed by atoms with E-state index >= 15 is 0 Å². The SMILES string of the molecule is CCC[C@@H](N)C(=O)N1CC(CO)OC(C)(C)C1. The highest BCUT2D eigenvalue weighted by Crippen LogP contribution is 2.21. The normalized spacial score (nSPS) is 25.7. The summed E-state index contributed by atoms with van der Waals surface area (Å²) in [5.74, 6) is -0.0401. The van der Waals surface area contributed by atoms with E-state index in [-0.39, 0.29) is 18.6 Å². The molecule has 17 heavy (non-hydrogen) atoms. The summed E-state index contributed by atoms with van der Waals surface area (Å²) in [5.41, 5.74) is 5.42. The number of amides is 1. The lowest BCUT2D eigenvalue weighted by Crippen LogP contribution is -2.58. The van der Waals surface area contributed by atoms with Crippen molar-refractivity contribution in [2.75, 3.05) is 19.7 Å². The van der Waals surface area contributed by atoms with Gasteiger partial charge in [-0.2, -0.15) is 0 Å². The van der Waals surface area contributed by atoms with E-state index in [2.05, 4.69) is 0 Å². The van der Waals surface area contributed by atoms with E-state index in [0.717, 1.165) is 6.42 Å². The van der Waals surface area contributed by atoms with Crippen molar-refractivity contribution in [1.82, 2.24) is 4.90 Å². The van der Waals surface area contributed by atoms with E-state index in [1.165, 1.54) is 0 Å². The van der Waals surface area contributed by atoms with Gasteiger partial charge in [0, 0.05) is 13.1 Å². The number of aliphatic hydroxyl groups is 1. The third-order valence-electron chi connectivity index (χ3n) is 2.91. The first kappa shape index (κ1) is 14.4. The Labute approximate surface area is 103 Å². The summed E-state index contributed by atoms with van der Waals surface area (Å²) in [4.78, 5) is 13.8. The molecule has 0 saturated carbocycles. The van der Waals surface area contributed by atoms with E-state index in [1.807, 2.05) is 20.8 Å². The van der Waals surface area contributed by atoms with Gasteiger partial charge in [0.25, 0.3) is 0 Å². The van der Waals surface area contributed by atoms with Crippen molar-refractivity contribution in [2.45, 2.75) is 51.4 Å². The van der Waals surface area contributed by atoms with E-state index < -0.39 is 11.6 Å². The molecule has 1 saturated heterocycles. The number of carbonyl (C=O) groups is 1. The second-order valence-electron chi connectivity index (χ2n) is 5.30. The molecule has 1 unspecified atom stereocenters. The summed E-state index contributed by atoms with van der Waals surface area (Å²) in [6.07, 6.45) is 1.28. The van der Waals surface area contributed by atoms with Crippen molar-refractivity contribution in [3.8, 4) is 0 Å². The molecule has 0 spiro atoms. The third kappa shape index (κ3) is 3.94. The molecule has 0 aliphatic carbocycles. The molecule has 1 aliphatic heterocycles. The van der Waals surface area contributed by atoms with E-state index in [9.17, 15) is 9.90 Å². The monoisotopic (exact) mass is 244 g/mol. The fourth-order valence-electron chi connectivity index (χ4n) is 2.23. The van der Waals surface area contributed by atoms with Crippen LogP contribution >= 0.6 is 0 Å². The predicted octanol–water partition coefficient (Wildman–Crippen LogP) is 0.112. The Hall–Kier alpha value is -0.650. The number of morpholine rings is 1. The largest absolute Gasteiger partial charge is 0.394 e. The van der Waals surface area contributed by atoms with Crippen molar-refractivity contribution < 1.29 is 14.6 Å². The summed E-state index contributed by atoms with van der Waals surface area (Å²) < 4.78 is 5.66. The van der Waals surface area contributed by atoms with Crippen molar-refractivity contribution in [2.24, 2.45) is 5.73 Å². The number of nitrogens with two attached hydrogens (primary N) is 1. The van der Waals surface area contributed by atoms with Gasteiger partial charge in [-0.05, 0) is 20.3 Å². The second kappa shape index (κ2) is 5.80. The molecule has 1 heterocycles. The first-order valence-corrected chi connectivity index (χ1v) is 6.22. The van der Waals surface area contributed by atoms with Gasteiger partial charge in [-0.1, -0.05) is 13.3 Å². The van der Waals surface area contributed by atoms with Gasteiger partial charge in [-0.25, -0.2) is 0 Å². The summed E-state index contributed by atoms with van der Waals surface area (Å²) in [7, 11) is 0. The van der Waals surface area contributed by atoms with Crippen molar-refractivity contribution in [3.63, 3.8) is 0 Å². The first-order valence-electron chi connectivity index (χ1n) is 6.22. The molecule has 100 valence electrons. The number of hydrogen-bond donors (Lipinski definition) is 2. The standard InChI is InChI=1S/C12H24N2O3/c1-4-5-10(13)11(16)14-6-9(7-15)17-12(2,3)8-14/h9-10,15H,4-8,13H2,1-3H3/t9?,10-/m1/s1. The molecule has 3 N–H and O–H groups in total. The van der Waals surface area contributed by atoms with Crippen LogP contribution in [0.15, 0.2) is 0 Å². The van der Waals surface area contributed by atoms with Gasteiger partial charge in [0.15, 0.2) is 0 Å². The molecule has 5 nitrogen and oxygen atoms in total. The average molecular weight is 244 g/mol. The summed E-state index contributed by atoms with van der Waals surface area (Å²) in [6.45, 7) is 6.72. The number of carbonyl (C=O) groups excluding carboxylic acids is 1. The molecule has 0 aromatic heterocycles. The minimum atomic E-state index is -0.437. The van der Waals surface area contributed by atoms with Crippen molar-refractivity contribution in [3.05, 3.63) is 0 Å². The Morgan fingerprint density at radius 3 is 2.82 bits per heavy atom. The van der Waals surface area contributed by atoms with Crippen LogP contribution in [0.3, 0.4) is 0 Å². The quantitative estimate of drug-likeness (QED) is 0.736. The van der Waals surface area contributed by atoms with Crippen LogP contribution in [-0.2, 0) is 9.53 Å². The van der Waals surface area contributed by atoms with Crippen LogP contribution in [0.4, 0.5) is 0 Å². The van der Waals surface area contributed by atoms with Gasteiger partial charge in [-0.3, -0.25) is 4.79 Å². The first-order chi connectivity index (χ1) is 7.89. The number of aliphatic hydroxyl groups excluding tert-OH is 1. The maximum Gasteiger partial charge on any atom is 0.239 e. The fraction of sp³-hybridized carbons (Fsp3) is 0.917. The highest BCUT2D eigenvalue weighted by atomic mass is 16.5. The zero-order valence-electron chi connectivity index (χ0n) is 11.0. The molecule has 2 atom stereocenters. The molecular weight excluding hydrogens is 220 g/mol. The van der Waals surface area contributed by atoms with Gasteiger partial charge in [-0.15, -0.1) is 0 Å². The third-order valence-corrected chi connectivity index (χ3v) is 2.91. The highest BCUT2D eigenvalue weighted by Gasteiger charge is 2.36. The van der Waals surface area contributed by atoms with Crippen LogP contribution in [-0.4, -0.2) is 53.4 Å². The van der Waals surface area contributed by atoms with Gasteiger partial charge in [0.05, 0.1) is 24.4 Å². The topological polar surface area (TPSA) is 75.8 Å². The fourth-order valence-corrected chi connectivity index (χ4v) is 2.23. The number of rotatable bonds is 4. The van der Waals surface area contributed by atoms with E-state index in [4.69, 9.17) is 10.5 Å². The smallest absolute Gasteiger partial charge is 0.239 e. The average Bonchev–Trinajstić information content (AvgIpc) is 2.26. The molecular formula is C12H24N2O3. The number of ether oxygens (including phenoxy) is 1. The Morgan fingerprint density at radius 2 is 2.29 bits per heavy atom. The van der Waals surface area contributed by atoms with Crippen LogP contribution in [0, 0.1) is 0 Å². The zero-order chi connectivity index (χ0) is 13.1. The van der Waals surface area contributed by atoms with Gasteiger partial charge < -0.3 is 20.5 Å². The molecule has 1 amide bonds. The molecule has 0 radical (unpaired) electrons. The number of nitrogens with zero attached hydrogens (tertiary/aromatic N) is 1. The highest BCUT2D eigenvalue weighted by molar-refractivity contribution is 5.81. The Bertz CT molecular complexity index is 268. The molecule has 0 bridgehead atoms. The Balaban J connectivity index is 2.66. The minimum absolute atomic E-state index is 0.0401. The van der Waals surface area contributed by atoms with Crippen LogP contribution in [0.5, 0.6) is 0 Å². The molecule has 1 rings (SSSR count). The molecule has 0 aromatic rings. The lowest BCUT2D eigenvalue weighted by molar-refractivity contribution is -0.167. The zero-order valence-corrected chi connectivity index (χ0v) is 11.0. The lowest BCUT2D eigenvalue weighted by Gasteiger charge is -2.43. The molecule has 1 aliphatic rings. The Kier molecular flexibility index (Phi) is 4.91. The number of hydrogen-bond acceptors (Lipinski definition) is 4. The second-order valence-corrected chi connectivity index (χ2v) is 5.30. The van der Waals surface area contributed by atoms with Crippen molar-refractivity contribution >= 4 is 5.91 Å². The van der Waals surface area contributed by atoms with Gasteiger partial charge in [0.1, 0.15) is 0 Å². The van der Waals surface area contributed by atoms with Crippen molar-refractivity contribution in [1.29, 1.82) is 0 Å². The predicted molar refractivity (Wildman–Crippen MR) is 65.5 cm³/mol.